The predicted molar refractivity (Wildman–Crippen MR) is 75.6 cm³/mol. The number of aromatic nitrogens is 3. The monoisotopic (exact) mass is 309 g/mol. The predicted octanol–water partition coefficient (Wildman–Crippen LogP) is 0.881. The van der Waals surface area contributed by atoms with Crippen LogP contribution in [0.25, 0.3) is 0 Å². The SMILES string of the molecule is COC(=O)c1cccc(OCCn2cnnc2[S@](C)=O)c1. The highest BCUT2D eigenvalue weighted by Gasteiger charge is 2.09. The second-order valence-electron chi connectivity index (χ2n) is 4.13. The maximum atomic E-state index is 11.4. The van der Waals surface area contributed by atoms with Crippen LogP contribution in [0, 0.1) is 0 Å². The molecule has 0 aliphatic heterocycles. The number of hydrogen-bond acceptors (Lipinski definition) is 6. The maximum absolute atomic E-state index is 11.4. The lowest BCUT2D eigenvalue weighted by Gasteiger charge is -2.08. The van der Waals surface area contributed by atoms with Crippen molar-refractivity contribution in [2.45, 2.75) is 11.7 Å². The maximum Gasteiger partial charge on any atom is 0.337 e. The third-order valence-corrected chi connectivity index (χ3v) is 3.52. The zero-order chi connectivity index (χ0) is 15.2. The molecule has 0 spiro atoms. The van der Waals surface area contributed by atoms with Crippen molar-refractivity contribution in [1.82, 2.24) is 14.8 Å². The second-order valence-corrected chi connectivity index (χ2v) is 5.40. The van der Waals surface area contributed by atoms with Crippen LogP contribution in [0.3, 0.4) is 0 Å². The molecule has 1 aromatic heterocycles. The lowest BCUT2D eigenvalue weighted by atomic mass is 10.2. The topological polar surface area (TPSA) is 83.3 Å². The quantitative estimate of drug-likeness (QED) is 0.737. The summed E-state index contributed by atoms with van der Waals surface area (Å²) >= 11 is 0. The molecule has 0 aliphatic carbocycles. The summed E-state index contributed by atoms with van der Waals surface area (Å²) in [4.78, 5) is 11.4. The van der Waals surface area contributed by atoms with E-state index in [0.717, 1.165) is 0 Å². The Bertz CT molecular complexity index is 656. The Morgan fingerprint density at radius 3 is 2.95 bits per heavy atom. The minimum Gasteiger partial charge on any atom is -0.492 e. The van der Waals surface area contributed by atoms with Crippen molar-refractivity contribution in [1.29, 1.82) is 0 Å². The van der Waals surface area contributed by atoms with Crippen molar-refractivity contribution in [3.05, 3.63) is 36.2 Å². The fourth-order valence-electron chi connectivity index (χ4n) is 1.71. The largest absolute Gasteiger partial charge is 0.492 e. The van der Waals surface area contributed by atoms with E-state index >= 15 is 0 Å². The average molecular weight is 309 g/mol. The van der Waals surface area contributed by atoms with E-state index < -0.39 is 16.8 Å². The van der Waals surface area contributed by atoms with E-state index in [1.165, 1.54) is 13.4 Å². The van der Waals surface area contributed by atoms with Gasteiger partial charge in [-0.3, -0.25) is 4.21 Å². The minimum absolute atomic E-state index is 0.340. The third-order valence-electron chi connectivity index (χ3n) is 2.69. The van der Waals surface area contributed by atoms with Crippen LogP contribution in [0.4, 0.5) is 0 Å². The Morgan fingerprint density at radius 2 is 2.24 bits per heavy atom. The Hall–Kier alpha value is -2.22. The van der Waals surface area contributed by atoms with Crippen LogP contribution in [-0.4, -0.2) is 44.9 Å². The fourth-order valence-corrected chi connectivity index (χ4v) is 2.34. The molecule has 1 atom stereocenters. The van der Waals surface area contributed by atoms with Crippen molar-refractivity contribution in [3.8, 4) is 5.75 Å². The number of rotatable bonds is 6. The van der Waals surface area contributed by atoms with Gasteiger partial charge in [-0.1, -0.05) is 6.07 Å². The lowest BCUT2D eigenvalue weighted by molar-refractivity contribution is 0.0600. The van der Waals surface area contributed by atoms with Gasteiger partial charge < -0.3 is 14.0 Å². The van der Waals surface area contributed by atoms with Gasteiger partial charge in [-0.25, -0.2) is 4.79 Å². The summed E-state index contributed by atoms with van der Waals surface area (Å²) in [5, 5.41) is 7.91. The molecule has 0 unspecified atom stereocenters. The molecule has 0 N–H and O–H groups in total. The number of methoxy groups -OCH3 is 1. The second kappa shape index (κ2) is 6.98. The van der Waals surface area contributed by atoms with Gasteiger partial charge in [0.05, 0.1) is 30.0 Å². The van der Waals surface area contributed by atoms with Gasteiger partial charge in [0.2, 0.25) is 5.16 Å². The standard InChI is InChI=1S/C13H15N3O4S/c1-19-12(17)10-4-3-5-11(8-10)20-7-6-16-9-14-15-13(16)21(2)18/h3-5,8-9H,6-7H2,1-2H3/t21-/m0/s1. The Kier molecular flexibility index (Phi) is 5.04. The average Bonchev–Trinajstić information content (AvgIpc) is 2.95. The summed E-state index contributed by atoms with van der Waals surface area (Å²) in [6, 6.07) is 6.72. The van der Waals surface area contributed by atoms with Gasteiger partial charge in [0, 0.05) is 6.26 Å². The van der Waals surface area contributed by atoms with Crippen molar-refractivity contribution in [2.75, 3.05) is 20.0 Å². The molecule has 21 heavy (non-hydrogen) atoms. The Morgan fingerprint density at radius 1 is 1.43 bits per heavy atom. The van der Waals surface area contributed by atoms with E-state index in [0.29, 0.717) is 29.6 Å². The highest BCUT2D eigenvalue weighted by atomic mass is 32.2. The van der Waals surface area contributed by atoms with Gasteiger partial charge in [0.25, 0.3) is 0 Å². The van der Waals surface area contributed by atoms with Crippen LogP contribution in [0.5, 0.6) is 5.75 Å². The number of esters is 1. The van der Waals surface area contributed by atoms with Gasteiger partial charge in [-0.15, -0.1) is 10.2 Å². The molecule has 8 heteroatoms. The molecule has 1 heterocycles. The smallest absolute Gasteiger partial charge is 0.337 e. The summed E-state index contributed by atoms with van der Waals surface area (Å²) in [5.74, 6) is 0.146. The lowest BCUT2D eigenvalue weighted by Crippen LogP contribution is -2.11. The van der Waals surface area contributed by atoms with Crippen molar-refractivity contribution in [3.63, 3.8) is 0 Å². The first-order valence-corrected chi connectivity index (χ1v) is 7.70. The summed E-state index contributed by atoms with van der Waals surface area (Å²) < 4.78 is 23.3. The summed E-state index contributed by atoms with van der Waals surface area (Å²) in [6.45, 7) is 0.803. The van der Waals surface area contributed by atoms with Crippen LogP contribution in [0.15, 0.2) is 35.7 Å². The molecular weight excluding hydrogens is 294 g/mol. The normalized spacial score (nSPS) is 11.9. The first-order chi connectivity index (χ1) is 10.1. The van der Waals surface area contributed by atoms with E-state index in [1.54, 1.807) is 35.1 Å². The van der Waals surface area contributed by atoms with E-state index in [1.807, 2.05) is 0 Å². The molecule has 112 valence electrons. The van der Waals surface area contributed by atoms with Crippen molar-refractivity contribution in [2.24, 2.45) is 0 Å². The summed E-state index contributed by atoms with van der Waals surface area (Å²) in [5.41, 5.74) is 0.426. The van der Waals surface area contributed by atoms with Crippen LogP contribution in [0.2, 0.25) is 0 Å². The zero-order valence-corrected chi connectivity index (χ0v) is 12.5. The van der Waals surface area contributed by atoms with Crippen LogP contribution in [-0.2, 0) is 22.1 Å². The van der Waals surface area contributed by atoms with Crippen LogP contribution in [0.1, 0.15) is 10.4 Å². The summed E-state index contributed by atoms with van der Waals surface area (Å²) in [7, 11) is 0.132. The molecule has 0 saturated carbocycles. The molecule has 7 nitrogen and oxygen atoms in total. The molecule has 0 aliphatic rings. The molecule has 1 aromatic carbocycles. The zero-order valence-electron chi connectivity index (χ0n) is 11.7. The molecule has 0 amide bonds. The van der Waals surface area contributed by atoms with Crippen molar-refractivity contribution >= 4 is 16.8 Å². The molecule has 0 fully saturated rings. The van der Waals surface area contributed by atoms with Gasteiger partial charge in [0.1, 0.15) is 18.7 Å². The van der Waals surface area contributed by atoms with Crippen LogP contribution >= 0.6 is 0 Å². The highest BCUT2D eigenvalue weighted by Crippen LogP contribution is 2.14. The number of nitrogens with zero attached hydrogens (tertiary/aromatic N) is 3. The van der Waals surface area contributed by atoms with E-state index in [2.05, 4.69) is 14.9 Å². The van der Waals surface area contributed by atoms with Gasteiger partial charge in [-0.2, -0.15) is 0 Å². The number of carbonyl (C=O) groups excluding carboxylic acids is 1. The van der Waals surface area contributed by atoms with E-state index in [-0.39, 0.29) is 0 Å². The molecular formula is C13H15N3O4S. The molecule has 2 rings (SSSR count). The number of carbonyl (C=O) groups is 1. The van der Waals surface area contributed by atoms with Crippen molar-refractivity contribution < 1.29 is 18.5 Å². The Balaban J connectivity index is 1.96. The highest BCUT2D eigenvalue weighted by molar-refractivity contribution is 7.84. The first kappa shape index (κ1) is 15.2. The minimum atomic E-state index is -1.20. The van der Waals surface area contributed by atoms with Gasteiger partial charge in [-0.05, 0) is 18.2 Å². The first-order valence-electron chi connectivity index (χ1n) is 6.14. The number of benzene rings is 1. The summed E-state index contributed by atoms with van der Waals surface area (Å²) in [6.07, 6.45) is 3.05. The molecule has 0 bridgehead atoms. The fraction of sp³-hybridized carbons (Fsp3) is 0.308. The molecule has 0 radical (unpaired) electrons. The third kappa shape index (κ3) is 3.88. The molecule has 2 aromatic rings. The number of hydrogen-bond donors (Lipinski definition) is 0. The number of ether oxygens (including phenoxy) is 2. The van der Waals surface area contributed by atoms with E-state index in [4.69, 9.17) is 4.74 Å². The Labute approximate surface area is 124 Å². The molecule has 0 saturated heterocycles. The van der Waals surface area contributed by atoms with Gasteiger partial charge in [0.15, 0.2) is 0 Å². The van der Waals surface area contributed by atoms with Gasteiger partial charge >= 0.3 is 5.97 Å². The van der Waals surface area contributed by atoms with E-state index in [9.17, 15) is 9.00 Å². The van der Waals surface area contributed by atoms with Crippen LogP contribution < -0.4 is 4.74 Å².